The third-order valence-electron chi connectivity index (χ3n) is 4.24. The molecule has 3 rings (SSSR count). The number of carbonyl (C=O) groups is 2. The number of cyclic esters (lactones) is 1. The van der Waals surface area contributed by atoms with E-state index in [0.717, 1.165) is 24.8 Å². The van der Waals surface area contributed by atoms with E-state index in [1.165, 1.54) is 5.56 Å². The fourth-order valence-corrected chi connectivity index (χ4v) is 2.90. The Hall–Kier alpha value is -2.42. The Labute approximate surface area is 136 Å². The fraction of sp³-hybridized carbons (Fsp3) is 0.300. The van der Waals surface area contributed by atoms with Crippen LogP contribution in [0, 0.1) is 0 Å². The second-order valence-corrected chi connectivity index (χ2v) is 5.91. The number of ether oxygens (including phenoxy) is 1. The lowest BCUT2D eigenvalue weighted by molar-refractivity contribution is 0.0367. The highest BCUT2D eigenvalue weighted by Gasteiger charge is 2.32. The summed E-state index contributed by atoms with van der Waals surface area (Å²) in [5.74, 6) is -0.338. The lowest BCUT2D eigenvalue weighted by Gasteiger charge is -2.10. The molecule has 23 heavy (non-hydrogen) atoms. The van der Waals surface area contributed by atoms with Crippen molar-refractivity contribution in [2.24, 2.45) is 0 Å². The van der Waals surface area contributed by atoms with Gasteiger partial charge in [-0.1, -0.05) is 55.8 Å². The van der Waals surface area contributed by atoms with Crippen LogP contribution < -0.4 is 0 Å². The maximum atomic E-state index is 12.5. The molecule has 0 spiro atoms. The number of rotatable bonds is 6. The number of ketones is 1. The second kappa shape index (κ2) is 6.78. The van der Waals surface area contributed by atoms with Crippen molar-refractivity contribution in [2.45, 2.75) is 38.7 Å². The molecule has 0 fully saturated rings. The number of hydrogen-bond acceptors (Lipinski definition) is 3. The van der Waals surface area contributed by atoms with Gasteiger partial charge < -0.3 is 4.74 Å². The third-order valence-corrected chi connectivity index (χ3v) is 4.24. The van der Waals surface area contributed by atoms with E-state index < -0.39 is 6.10 Å². The van der Waals surface area contributed by atoms with Gasteiger partial charge in [-0.25, -0.2) is 4.79 Å². The molecule has 0 radical (unpaired) electrons. The van der Waals surface area contributed by atoms with E-state index in [-0.39, 0.29) is 18.2 Å². The average Bonchev–Trinajstić information content (AvgIpc) is 2.90. The van der Waals surface area contributed by atoms with Gasteiger partial charge in [0, 0.05) is 11.1 Å². The molecular weight excluding hydrogens is 288 g/mol. The van der Waals surface area contributed by atoms with Gasteiger partial charge >= 0.3 is 5.97 Å². The molecule has 0 saturated heterocycles. The quantitative estimate of drug-likeness (QED) is 0.582. The first-order valence-electron chi connectivity index (χ1n) is 8.11. The van der Waals surface area contributed by atoms with Crippen LogP contribution in [0.15, 0.2) is 48.5 Å². The first-order valence-corrected chi connectivity index (χ1v) is 8.11. The summed E-state index contributed by atoms with van der Waals surface area (Å²) in [4.78, 5) is 24.3. The Morgan fingerprint density at radius 3 is 2.57 bits per heavy atom. The molecule has 118 valence electrons. The third kappa shape index (κ3) is 3.34. The average molecular weight is 308 g/mol. The van der Waals surface area contributed by atoms with Crippen LogP contribution in [0.3, 0.4) is 0 Å². The standard InChI is InChI=1S/C20H20O3/c1-2-3-6-14-9-11-15(12-10-14)18(21)13-19-16-7-4-5-8-17(16)20(22)23-19/h4-5,7-12,19H,2-3,6,13H2,1H3. The fourth-order valence-electron chi connectivity index (χ4n) is 2.90. The van der Waals surface area contributed by atoms with Crippen molar-refractivity contribution >= 4 is 11.8 Å². The van der Waals surface area contributed by atoms with Gasteiger partial charge in [0.05, 0.1) is 12.0 Å². The van der Waals surface area contributed by atoms with E-state index in [4.69, 9.17) is 4.74 Å². The lowest BCUT2D eigenvalue weighted by atomic mass is 9.97. The maximum Gasteiger partial charge on any atom is 0.339 e. The monoisotopic (exact) mass is 308 g/mol. The molecule has 3 nitrogen and oxygen atoms in total. The van der Waals surface area contributed by atoms with Gasteiger partial charge in [-0.05, 0) is 24.5 Å². The molecule has 3 heteroatoms. The number of fused-ring (bicyclic) bond motifs is 1. The largest absolute Gasteiger partial charge is 0.453 e. The smallest absolute Gasteiger partial charge is 0.339 e. The summed E-state index contributed by atoms with van der Waals surface area (Å²) in [6.07, 6.45) is 3.08. The molecule has 0 N–H and O–H groups in total. The predicted octanol–water partition coefficient (Wildman–Crippen LogP) is 4.51. The molecular formula is C20H20O3. The summed E-state index contributed by atoms with van der Waals surface area (Å²) in [6, 6.07) is 15.0. The Bertz CT molecular complexity index is 716. The van der Waals surface area contributed by atoms with Crippen molar-refractivity contribution < 1.29 is 14.3 Å². The van der Waals surface area contributed by atoms with Gasteiger partial charge in [-0.15, -0.1) is 0 Å². The Morgan fingerprint density at radius 1 is 1.09 bits per heavy atom. The van der Waals surface area contributed by atoms with Crippen molar-refractivity contribution in [3.63, 3.8) is 0 Å². The van der Waals surface area contributed by atoms with Crippen molar-refractivity contribution in [2.75, 3.05) is 0 Å². The summed E-state index contributed by atoms with van der Waals surface area (Å²) < 4.78 is 5.34. The minimum absolute atomic E-state index is 0.00143. The summed E-state index contributed by atoms with van der Waals surface area (Å²) in [5, 5.41) is 0. The van der Waals surface area contributed by atoms with E-state index in [0.29, 0.717) is 11.1 Å². The molecule has 0 saturated carbocycles. The van der Waals surface area contributed by atoms with Crippen LogP contribution in [-0.2, 0) is 11.2 Å². The minimum atomic E-state index is -0.467. The summed E-state index contributed by atoms with van der Waals surface area (Å²) in [6.45, 7) is 2.17. The zero-order chi connectivity index (χ0) is 16.2. The molecule has 1 heterocycles. The Balaban J connectivity index is 1.69. The minimum Gasteiger partial charge on any atom is -0.453 e. The maximum absolute atomic E-state index is 12.5. The zero-order valence-electron chi connectivity index (χ0n) is 13.2. The molecule has 0 bridgehead atoms. The molecule has 0 aromatic heterocycles. The topological polar surface area (TPSA) is 43.4 Å². The molecule has 0 aliphatic carbocycles. The van der Waals surface area contributed by atoms with Crippen LogP contribution in [-0.4, -0.2) is 11.8 Å². The Kier molecular flexibility index (Phi) is 4.56. The van der Waals surface area contributed by atoms with Crippen molar-refractivity contribution in [1.82, 2.24) is 0 Å². The molecule has 2 aromatic carbocycles. The highest BCUT2D eigenvalue weighted by Crippen LogP contribution is 2.33. The van der Waals surface area contributed by atoms with E-state index in [1.54, 1.807) is 12.1 Å². The van der Waals surface area contributed by atoms with Crippen LogP contribution in [0.25, 0.3) is 0 Å². The highest BCUT2D eigenvalue weighted by atomic mass is 16.5. The van der Waals surface area contributed by atoms with Crippen LogP contribution in [0.5, 0.6) is 0 Å². The SMILES string of the molecule is CCCCc1ccc(C(=O)CC2OC(=O)c3ccccc32)cc1. The van der Waals surface area contributed by atoms with Gasteiger partial charge in [0.25, 0.3) is 0 Å². The van der Waals surface area contributed by atoms with E-state index in [1.807, 2.05) is 36.4 Å². The zero-order valence-corrected chi connectivity index (χ0v) is 13.2. The number of unbranched alkanes of at least 4 members (excludes halogenated alkanes) is 1. The Morgan fingerprint density at radius 2 is 1.83 bits per heavy atom. The van der Waals surface area contributed by atoms with Crippen LogP contribution in [0.4, 0.5) is 0 Å². The van der Waals surface area contributed by atoms with E-state index in [2.05, 4.69) is 6.92 Å². The molecule has 1 aliphatic rings. The van der Waals surface area contributed by atoms with Gasteiger partial charge in [-0.2, -0.15) is 0 Å². The molecule has 0 amide bonds. The summed E-state index contributed by atoms with van der Waals surface area (Å²) >= 11 is 0. The highest BCUT2D eigenvalue weighted by molar-refractivity contribution is 5.99. The van der Waals surface area contributed by atoms with Gasteiger partial charge in [-0.3, -0.25) is 4.79 Å². The summed E-state index contributed by atoms with van der Waals surface area (Å²) in [7, 11) is 0. The van der Waals surface area contributed by atoms with Gasteiger partial charge in [0.1, 0.15) is 6.10 Å². The lowest BCUT2D eigenvalue weighted by Crippen LogP contribution is -2.07. The normalized spacial score (nSPS) is 16.0. The number of aryl methyl sites for hydroxylation is 1. The number of hydrogen-bond donors (Lipinski definition) is 0. The predicted molar refractivity (Wildman–Crippen MR) is 88.6 cm³/mol. The molecule has 1 aliphatic heterocycles. The molecule has 1 atom stereocenters. The molecule has 2 aromatic rings. The van der Waals surface area contributed by atoms with Crippen molar-refractivity contribution in [3.05, 3.63) is 70.8 Å². The summed E-state index contributed by atoms with van der Waals surface area (Å²) in [5.41, 5.74) is 3.30. The van der Waals surface area contributed by atoms with E-state index in [9.17, 15) is 9.59 Å². The van der Waals surface area contributed by atoms with Crippen LogP contribution in [0.2, 0.25) is 0 Å². The number of benzene rings is 2. The first-order chi connectivity index (χ1) is 11.2. The first kappa shape index (κ1) is 15.5. The van der Waals surface area contributed by atoms with Crippen LogP contribution >= 0.6 is 0 Å². The van der Waals surface area contributed by atoms with Gasteiger partial charge in [0.2, 0.25) is 0 Å². The van der Waals surface area contributed by atoms with E-state index >= 15 is 0 Å². The van der Waals surface area contributed by atoms with Crippen LogP contribution in [0.1, 0.15) is 64.1 Å². The second-order valence-electron chi connectivity index (χ2n) is 5.91. The van der Waals surface area contributed by atoms with Crippen molar-refractivity contribution in [3.8, 4) is 0 Å². The van der Waals surface area contributed by atoms with Crippen molar-refractivity contribution in [1.29, 1.82) is 0 Å². The number of carbonyl (C=O) groups excluding carboxylic acids is 2. The number of Topliss-reactive ketones (excluding diaryl/α,β-unsaturated/α-hetero) is 1. The number of esters is 1. The van der Waals surface area contributed by atoms with Gasteiger partial charge in [0.15, 0.2) is 5.78 Å². The molecule has 1 unspecified atom stereocenters.